The lowest BCUT2D eigenvalue weighted by atomic mass is 9.99. The summed E-state index contributed by atoms with van der Waals surface area (Å²) in [6.45, 7) is 7.96. The van der Waals surface area contributed by atoms with Gasteiger partial charge in [0.15, 0.2) is 0 Å². The molecule has 3 heteroatoms. The summed E-state index contributed by atoms with van der Waals surface area (Å²) in [6.07, 6.45) is 1.07. The van der Waals surface area contributed by atoms with Crippen LogP contribution < -0.4 is 10.1 Å². The number of rotatable bonds is 7. The third-order valence-electron chi connectivity index (χ3n) is 4.93. The number of halogens is 1. The van der Waals surface area contributed by atoms with E-state index in [0.29, 0.717) is 6.61 Å². The SMILES string of the molecule is CCC(C)(C)NCc1c(OCc2ccc(Cl)cc2)ccc2ccccc12. The van der Waals surface area contributed by atoms with Crippen molar-refractivity contribution in [2.45, 2.75) is 45.9 Å². The van der Waals surface area contributed by atoms with Crippen molar-refractivity contribution < 1.29 is 4.74 Å². The molecule has 0 unspecified atom stereocenters. The maximum absolute atomic E-state index is 6.19. The number of nitrogens with one attached hydrogen (secondary N) is 1. The van der Waals surface area contributed by atoms with Crippen molar-refractivity contribution in [2.75, 3.05) is 0 Å². The van der Waals surface area contributed by atoms with Gasteiger partial charge in [-0.15, -0.1) is 0 Å². The van der Waals surface area contributed by atoms with E-state index in [1.165, 1.54) is 16.3 Å². The van der Waals surface area contributed by atoms with Gasteiger partial charge in [0.25, 0.3) is 0 Å². The fourth-order valence-electron chi connectivity index (χ4n) is 2.83. The van der Waals surface area contributed by atoms with Gasteiger partial charge in [0.1, 0.15) is 12.4 Å². The highest BCUT2D eigenvalue weighted by molar-refractivity contribution is 6.30. The van der Waals surface area contributed by atoms with Crippen LogP contribution >= 0.6 is 11.6 Å². The molecule has 1 N–H and O–H groups in total. The zero-order valence-corrected chi connectivity index (χ0v) is 16.4. The fraction of sp³-hybridized carbons (Fsp3) is 0.304. The predicted octanol–water partition coefficient (Wildman–Crippen LogP) is 6.35. The molecule has 3 rings (SSSR count). The molecule has 0 atom stereocenters. The number of benzene rings is 3. The van der Waals surface area contributed by atoms with Gasteiger partial charge in [-0.1, -0.05) is 61.0 Å². The van der Waals surface area contributed by atoms with Gasteiger partial charge in [0.05, 0.1) is 0 Å². The summed E-state index contributed by atoms with van der Waals surface area (Å²) >= 11 is 5.97. The molecule has 0 heterocycles. The molecule has 26 heavy (non-hydrogen) atoms. The highest BCUT2D eigenvalue weighted by Gasteiger charge is 2.16. The van der Waals surface area contributed by atoms with E-state index in [4.69, 9.17) is 16.3 Å². The maximum atomic E-state index is 6.19. The van der Waals surface area contributed by atoms with E-state index in [0.717, 1.165) is 29.3 Å². The molecule has 2 nitrogen and oxygen atoms in total. The number of hydrogen-bond donors (Lipinski definition) is 1. The molecular weight excluding hydrogens is 342 g/mol. The molecule has 0 aliphatic rings. The zero-order chi connectivity index (χ0) is 18.6. The first-order valence-electron chi connectivity index (χ1n) is 9.11. The van der Waals surface area contributed by atoms with Crippen molar-refractivity contribution in [1.29, 1.82) is 0 Å². The van der Waals surface area contributed by atoms with Gasteiger partial charge in [0.2, 0.25) is 0 Å². The summed E-state index contributed by atoms with van der Waals surface area (Å²) in [5, 5.41) is 6.88. The Morgan fingerprint density at radius 1 is 0.962 bits per heavy atom. The third-order valence-corrected chi connectivity index (χ3v) is 5.18. The van der Waals surface area contributed by atoms with E-state index in [2.05, 4.69) is 62.5 Å². The molecule has 3 aromatic rings. The zero-order valence-electron chi connectivity index (χ0n) is 15.7. The molecule has 0 fully saturated rings. The summed E-state index contributed by atoms with van der Waals surface area (Å²) in [6, 6.07) is 20.5. The maximum Gasteiger partial charge on any atom is 0.124 e. The standard InChI is InChI=1S/C23H26ClNO/c1-4-23(2,3)25-15-21-20-8-6-5-7-18(20)11-14-22(21)26-16-17-9-12-19(24)13-10-17/h5-14,25H,4,15-16H2,1-3H3. The molecule has 0 aliphatic carbocycles. The average Bonchev–Trinajstić information content (AvgIpc) is 2.66. The molecular formula is C23H26ClNO. The van der Waals surface area contributed by atoms with Crippen LogP contribution in [0.3, 0.4) is 0 Å². The number of hydrogen-bond acceptors (Lipinski definition) is 2. The second-order valence-corrected chi connectivity index (χ2v) is 7.71. The van der Waals surface area contributed by atoms with Crippen LogP contribution in [-0.4, -0.2) is 5.54 Å². The average molecular weight is 368 g/mol. The van der Waals surface area contributed by atoms with E-state index in [9.17, 15) is 0 Å². The molecule has 0 saturated carbocycles. The van der Waals surface area contributed by atoms with Gasteiger partial charge in [0, 0.05) is 22.7 Å². The van der Waals surface area contributed by atoms with E-state index in [1.807, 2.05) is 24.3 Å². The van der Waals surface area contributed by atoms with Crippen molar-refractivity contribution in [3.63, 3.8) is 0 Å². The van der Waals surface area contributed by atoms with E-state index in [1.54, 1.807) is 0 Å². The Morgan fingerprint density at radius 3 is 2.42 bits per heavy atom. The van der Waals surface area contributed by atoms with Crippen molar-refractivity contribution >= 4 is 22.4 Å². The van der Waals surface area contributed by atoms with Gasteiger partial charge in [-0.2, -0.15) is 0 Å². The molecule has 136 valence electrons. The van der Waals surface area contributed by atoms with Crippen LogP contribution in [0.5, 0.6) is 5.75 Å². The predicted molar refractivity (Wildman–Crippen MR) is 111 cm³/mol. The second kappa shape index (κ2) is 8.11. The summed E-state index contributed by atoms with van der Waals surface area (Å²) in [7, 11) is 0. The van der Waals surface area contributed by atoms with Crippen LogP contribution in [0.2, 0.25) is 5.02 Å². The summed E-state index contributed by atoms with van der Waals surface area (Å²) in [5.74, 6) is 0.929. The van der Waals surface area contributed by atoms with E-state index >= 15 is 0 Å². The van der Waals surface area contributed by atoms with Crippen LogP contribution in [0, 0.1) is 0 Å². The quantitative estimate of drug-likeness (QED) is 0.525. The van der Waals surface area contributed by atoms with Gasteiger partial charge < -0.3 is 10.1 Å². The van der Waals surface area contributed by atoms with Gasteiger partial charge >= 0.3 is 0 Å². The van der Waals surface area contributed by atoms with Crippen LogP contribution in [0.25, 0.3) is 10.8 Å². The van der Waals surface area contributed by atoms with Crippen molar-refractivity contribution in [3.8, 4) is 5.75 Å². The minimum Gasteiger partial charge on any atom is -0.489 e. The lowest BCUT2D eigenvalue weighted by Gasteiger charge is -2.26. The highest BCUT2D eigenvalue weighted by Crippen LogP contribution is 2.29. The number of ether oxygens (including phenoxy) is 1. The van der Waals surface area contributed by atoms with Gasteiger partial charge in [-0.05, 0) is 54.8 Å². The van der Waals surface area contributed by atoms with Crippen LogP contribution in [0.1, 0.15) is 38.3 Å². The lowest BCUT2D eigenvalue weighted by Crippen LogP contribution is -2.37. The number of fused-ring (bicyclic) bond motifs is 1. The first-order chi connectivity index (χ1) is 12.5. The Bertz CT molecular complexity index is 871. The van der Waals surface area contributed by atoms with Gasteiger partial charge in [-0.25, -0.2) is 0 Å². The fourth-order valence-corrected chi connectivity index (χ4v) is 2.95. The Balaban J connectivity index is 1.88. The molecule has 0 saturated heterocycles. The Kier molecular flexibility index (Phi) is 5.85. The molecule has 0 amide bonds. The van der Waals surface area contributed by atoms with Crippen molar-refractivity contribution in [1.82, 2.24) is 5.32 Å². The molecule has 0 bridgehead atoms. The summed E-state index contributed by atoms with van der Waals surface area (Å²) < 4.78 is 6.19. The first-order valence-corrected chi connectivity index (χ1v) is 9.49. The molecule has 3 aromatic carbocycles. The van der Waals surface area contributed by atoms with Crippen molar-refractivity contribution in [3.05, 3.63) is 76.8 Å². The Labute approximate surface area is 161 Å². The van der Waals surface area contributed by atoms with Crippen LogP contribution in [0.4, 0.5) is 0 Å². The third kappa shape index (κ3) is 4.57. The highest BCUT2D eigenvalue weighted by atomic mass is 35.5. The van der Waals surface area contributed by atoms with Crippen molar-refractivity contribution in [2.24, 2.45) is 0 Å². The molecule has 0 aliphatic heterocycles. The Hall–Kier alpha value is -2.03. The molecule has 0 aromatic heterocycles. The van der Waals surface area contributed by atoms with E-state index in [-0.39, 0.29) is 5.54 Å². The summed E-state index contributed by atoms with van der Waals surface area (Å²) in [4.78, 5) is 0. The van der Waals surface area contributed by atoms with E-state index < -0.39 is 0 Å². The molecule has 0 radical (unpaired) electrons. The minimum absolute atomic E-state index is 0.0877. The second-order valence-electron chi connectivity index (χ2n) is 7.27. The topological polar surface area (TPSA) is 21.3 Å². The normalized spacial score (nSPS) is 11.7. The smallest absolute Gasteiger partial charge is 0.124 e. The minimum atomic E-state index is 0.0877. The van der Waals surface area contributed by atoms with Crippen LogP contribution in [-0.2, 0) is 13.2 Å². The molecule has 0 spiro atoms. The van der Waals surface area contributed by atoms with Crippen LogP contribution in [0.15, 0.2) is 60.7 Å². The Morgan fingerprint density at radius 2 is 1.69 bits per heavy atom. The largest absolute Gasteiger partial charge is 0.489 e. The monoisotopic (exact) mass is 367 g/mol. The van der Waals surface area contributed by atoms with Gasteiger partial charge in [-0.3, -0.25) is 0 Å². The lowest BCUT2D eigenvalue weighted by molar-refractivity contribution is 0.299. The summed E-state index contributed by atoms with van der Waals surface area (Å²) in [5.41, 5.74) is 2.40. The first kappa shape index (κ1) is 18.8.